The van der Waals surface area contributed by atoms with Gasteiger partial charge in [-0.2, -0.15) is 0 Å². The van der Waals surface area contributed by atoms with Crippen molar-refractivity contribution in [2.24, 2.45) is 11.3 Å². The van der Waals surface area contributed by atoms with Crippen molar-refractivity contribution in [2.45, 2.75) is 57.6 Å². The first-order chi connectivity index (χ1) is 12.3. The molecular weight excluding hydrogens is 338 g/mol. The quantitative estimate of drug-likeness (QED) is 0.577. The summed E-state index contributed by atoms with van der Waals surface area (Å²) in [6.45, 7) is 6.29. The van der Waals surface area contributed by atoms with E-state index in [-0.39, 0.29) is 25.0 Å². The molecular formula is C23H32NO3+. The maximum atomic E-state index is 12.2. The van der Waals surface area contributed by atoms with Gasteiger partial charge in [0.05, 0.1) is 20.1 Å². The molecule has 146 valence electrons. The van der Waals surface area contributed by atoms with Gasteiger partial charge in [-0.15, -0.1) is 0 Å². The Morgan fingerprint density at radius 2 is 2.04 bits per heavy atom. The highest BCUT2D eigenvalue weighted by Gasteiger charge is 2.69. The Morgan fingerprint density at radius 3 is 2.74 bits per heavy atom. The summed E-state index contributed by atoms with van der Waals surface area (Å²) in [5, 5.41) is 22.8. The van der Waals surface area contributed by atoms with Crippen LogP contribution in [-0.2, 0) is 4.79 Å². The summed E-state index contributed by atoms with van der Waals surface area (Å²) < 4.78 is 0.870. The highest BCUT2D eigenvalue weighted by atomic mass is 16.3. The van der Waals surface area contributed by atoms with E-state index in [9.17, 15) is 15.0 Å². The molecule has 0 amide bonds. The van der Waals surface area contributed by atoms with Crippen molar-refractivity contribution >= 4 is 5.78 Å². The summed E-state index contributed by atoms with van der Waals surface area (Å²) in [5.74, 6) is 0.273. The number of nitrogens with zero attached hydrogens (tertiary/aromatic N) is 1. The number of ketones is 1. The Hall–Kier alpha value is -1.65. The van der Waals surface area contributed by atoms with E-state index in [2.05, 4.69) is 19.7 Å². The van der Waals surface area contributed by atoms with Gasteiger partial charge in [0.25, 0.3) is 0 Å². The van der Waals surface area contributed by atoms with E-state index in [1.807, 2.05) is 6.08 Å². The van der Waals surface area contributed by atoms with Crippen LogP contribution in [0.1, 0.15) is 46.0 Å². The molecule has 4 heteroatoms. The standard InChI is InChI=1S/C22H27NO3.CH4/c1-14-7-8-22(26)18-11-16-5-6-17(24)20(25)19(16)21(22,12-14)9-10-23(18,2)13-15-3-4-15;/h5-6,11,15,18,26H,1,3-4,7-10,12-13H2,2H3;1H4/p+1/t18-,21-,22-,23?;/m1./s1. The van der Waals surface area contributed by atoms with Crippen LogP contribution in [0, 0.1) is 11.3 Å². The van der Waals surface area contributed by atoms with Crippen LogP contribution in [0.2, 0.25) is 0 Å². The number of piperidine rings is 1. The van der Waals surface area contributed by atoms with Crippen LogP contribution in [0.5, 0.6) is 0 Å². The maximum Gasteiger partial charge on any atom is 0.220 e. The van der Waals surface area contributed by atoms with Crippen LogP contribution in [0.25, 0.3) is 0 Å². The predicted octanol–water partition coefficient (Wildman–Crippen LogP) is 3.60. The minimum absolute atomic E-state index is 0. The van der Waals surface area contributed by atoms with Crippen molar-refractivity contribution in [1.29, 1.82) is 0 Å². The maximum absolute atomic E-state index is 12.2. The molecule has 0 radical (unpaired) electrons. The van der Waals surface area contributed by atoms with Crippen LogP contribution >= 0.6 is 0 Å². The first-order valence-corrected chi connectivity index (χ1v) is 9.91. The Bertz CT molecular complexity index is 817. The second kappa shape index (κ2) is 5.68. The average Bonchev–Trinajstić information content (AvgIpc) is 3.39. The van der Waals surface area contributed by atoms with Gasteiger partial charge in [-0.25, -0.2) is 0 Å². The lowest BCUT2D eigenvalue weighted by Gasteiger charge is -2.65. The number of fused-ring (bicyclic) bond motifs is 1. The van der Waals surface area contributed by atoms with Crippen LogP contribution in [-0.4, -0.2) is 52.3 Å². The average molecular weight is 371 g/mol. The van der Waals surface area contributed by atoms with E-state index < -0.39 is 11.0 Å². The first kappa shape index (κ1) is 18.7. The molecule has 5 aliphatic rings. The van der Waals surface area contributed by atoms with E-state index in [1.165, 1.54) is 18.9 Å². The Balaban J connectivity index is 0.00000180. The van der Waals surface area contributed by atoms with E-state index in [0.717, 1.165) is 47.5 Å². The number of aliphatic hydroxyl groups is 2. The van der Waals surface area contributed by atoms with Crippen LogP contribution in [0.3, 0.4) is 0 Å². The van der Waals surface area contributed by atoms with Crippen molar-refractivity contribution in [3.63, 3.8) is 0 Å². The Kier molecular flexibility index (Phi) is 3.93. The minimum atomic E-state index is -0.922. The topological polar surface area (TPSA) is 57.5 Å². The second-order valence-corrected chi connectivity index (χ2v) is 9.50. The molecule has 4 aliphatic carbocycles. The van der Waals surface area contributed by atoms with E-state index in [1.54, 1.807) is 0 Å². The van der Waals surface area contributed by atoms with Gasteiger partial charge in [0.15, 0.2) is 5.76 Å². The molecule has 4 nitrogen and oxygen atoms in total. The molecule has 0 spiro atoms. The number of aliphatic hydroxyl groups excluding tert-OH is 1. The van der Waals surface area contributed by atoms with Gasteiger partial charge >= 0.3 is 0 Å². The molecule has 4 atom stereocenters. The number of hydrogen-bond donors (Lipinski definition) is 2. The van der Waals surface area contributed by atoms with Crippen LogP contribution in [0.15, 0.2) is 47.3 Å². The summed E-state index contributed by atoms with van der Waals surface area (Å²) in [5.41, 5.74) is 1.24. The lowest BCUT2D eigenvalue weighted by atomic mass is 9.48. The lowest BCUT2D eigenvalue weighted by molar-refractivity contribution is -0.944. The molecule has 0 aromatic carbocycles. The van der Waals surface area contributed by atoms with Crippen molar-refractivity contribution in [3.05, 3.63) is 47.3 Å². The number of hydrogen-bond acceptors (Lipinski definition) is 3. The zero-order valence-corrected chi connectivity index (χ0v) is 15.5. The molecule has 0 aromatic heterocycles. The van der Waals surface area contributed by atoms with Gasteiger partial charge in [-0.1, -0.05) is 25.7 Å². The predicted molar refractivity (Wildman–Crippen MR) is 106 cm³/mol. The summed E-state index contributed by atoms with van der Waals surface area (Å²) in [6.07, 6.45) is 11.0. The van der Waals surface area contributed by atoms with Crippen molar-refractivity contribution in [1.82, 2.24) is 0 Å². The molecule has 0 aromatic rings. The zero-order chi connectivity index (χ0) is 18.3. The molecule has 1 heterocycles. The third kappa shape index (κ3) is 2.32. The monoisotopic (exact) mass is 370 g/mol. The molecule has 5 rings (SSSR count). The SMILES string of the molecule is C.C=C1CC[C@@]2(O)[C@H]3C=C4C=CC(=O)C(O)=C4[C@@]2(CC[N+]3(C)CC2CC2)C1. The number of quaternary nitrogens is 1. The van der Waals surface area contributed by atoms with E-state index in [0.29, 0.717) is 18.4 Å². The molecule has 1 unspecified atom stereocenters. The van der Waals surface area contributed by atoms with Crippen molar-refractivity contribution < 1.29 is 19.5 Å². The van der Waals surface area contributed by atoms with Gasteiger partial charge in [-0.3, -0.25) is 4.79 Å². The number of allylic oxidation sites excluding steroid dienone is 4. The summed E-state index contributed by atoms with van der Waals surface area (Å²) >= 11 is 0. The summed E-state index contributed by atoms with van der Waals surface area (Å²) in [4.78, 5) is 12.2. The van der Waals surface area contributed by atoms with Crippen LogP contribution < -0.4 is 0 Å². The number of carbonyl (C=O) groups is 1. The highest BCUT2D eigenvalue weighted by molar-refractivity contribution is 6.05. The minimum Gasteiger partial charge on any atom is -0.504 e. The number of carbonyl (C=O) groups excluding carboxylic acids is 1. The number of rotatable bonds is 2. The van der Waals surface area contributed by atoms with Gasteiger partial charge in [0, 0.05) is 23.3 Å². The number of likely N-dealkylation sites (tertiary alicyclic amines) is 1. The molecule has 3 fully saturated rings. The highest BCUT2D eigenvalue weighted by Crippen LogP contribution is 2.64. The zero-order valence-electron chi connectivity index (χ0n) is 15.5. The first-order valence-electron chi connectivity index (χ1n) is 9.91. The van der Waals surface area contributed by atoms with Gasteiger partial charge in [-0.05, 0) is 49.8 Å². The molecule has 1 saturated heterocycles. The molecule has 27 heavy (non-hydrogen) atoms. The van der Waals surface area contributed by atoms with Gasteiger partial charge in [0.2, 0.25) is 5.78 Å². The van der Waals surface area contributed by atoms with E-state index >= 15 is 0 Å². The Morgan fingerprint density at radius 1 is 1.30 bits per heavy atom. The second-order valence-electron chi connectivity index (χ2n) is 9.50. The number of likely N-dealkylation sites (N-methyl/N-ethyl adjacent to an activating group) is 1. The molecule has 1 aliphatic heterocycles. The smallest absolute Gasteiger partial charge is 0.220 e. The van der Waals surface area contributed by atoms with Gasteiger partial charge < -0.3 is 14.7 Å². The third-order valence-corrected chi connectivity index (χ3v) is 7.81. The lowest BCUT2D eigenvalue weighted by Crippen LogP contribution is -2.75. The van der Waals surface area contributed by atoms with Crippen molar-refractivity contribution in [2.75, 3.05) is 20.1 Å². The molecule has 2 saturated carbocycles. The van der Waals surface area contributed by atoms with Crippen molar-refractivity contribution in [3.8, 4) is 0 Å². The largest absolute Gasteiger partial charge is 0.504 e. The normalized spacial score (nSPS) is 42.9. The third-order valence-electron chi connectivity index (χ3n) is 7.81. The Labute approximate surface area is 162 Å². The summed E-state index contributed by atoms with van der Waals surface area (Å²) in [6, 6.07) is 0.00866. The fourth-order valence-corrected chi connectivity index (χ4v) is 6.35. The molecule has 2 N–H and O–H groups in total. The summed E-state index contributed by atoms with van der Waals surface area (Å²) in [7, 11) is 2.29. The fraction of sp³-hybridized carbons (Fsp3) is 0.609. The van der Waals surface area contributed by atoms with Gasteiger partial charge in [0.1, 0.15) is 11.6 Å². The van der Waals surface area contributed by atoms with Crippen LogP contribution in [0.4, 0.5) is 0 Å². The van der Waals surface area contributed by atoms with E-state index in [4.69, 9.17) is 0 Å². The fourth-order valence-electron chi connectivity index (χ4n) is 6.35. The molecule has 2 bridgehead atoms.